The summed E-state index contributed by atoms with van der Waals surface area (Å²) in [5.74, 6) is -3.17. The molecular weight excluding hydrogens is 344 g/mol. The Labute approximate surface area is 161 Å². The summed E-state index contributed by atoms with van der Waals surface area (Å²) in [4.78, 5) is 25.0. The van der Waals surface area contributed by atoms with Gasteiger partial charge in [0.25, 0.3) is 0 Å². The highest BCUT2D eigenvalue weighted by Crippen LogP contribution is 2.47. The van der Waals surface area contributed by atoms with Gasteiger partial charge in [-0.15, -0.1) is 0 Å². The number of carboxylic acids is 1. The van der Waals surface area contributed by atoms with E-state index < -0.39 is 23.6 Å². The zero-order valence-corrected chi connectivity index (χ0v) is 16.7. The van der Waals surface area contributed by atoms with Gasteiger partial charge in [-0.1, -0.05) is 31.5 Å². The fourth-order valence-electron chi connectivity index (χ4n) is 4.63. The minimum Gasteiger partial charge on any atom is -0.481 e. The Morgan fingerprint density at radius 2 is 1.89 bits per heavy atom. The van der Waals surface area contributed by atoms with Gasteiger partial charge in [-0.25, -0.2) is 0 Å². The van der Waals surface area contributed by atoms with Crippen LogP contribution >= 0.6 is 0 Å². The lowest BCUT2D eigenvalue weighted by Crippen LogP contribution is -2.28. The van der Waals surface area contributed by atoms with Crippen molar-refractivity contribution in [2.75, 3.05) is 6.61 Å². The summed E-state index contributed by atoms with van der Waals surface area (Å²) in [6.07, 6.45) is 2.53. The number of carboxylic acid groups (broad SMARTS) is 1. The second-order valence-corrected chi connectivity index (χ2v) is 8.05. The highest BCUT2D eigenvalue weighted by molar-refractivity contribution is 5.89. The van der Waals surface area contributed by atoms with Crippen molar-refractivity contribution in [2.45, 2.75) is 71.7 Å². The van der Waals surface area contributed by atoms with E-state index in [2.05, 4.69) is 26.0 Å². The molecule has 1 aromatic rings. The fourth-order valence-corrected chi connectivity index (χ4v) is 4.63. The van der Waals surface area contributed by atoms with Crippen LogP contribution in [-0.4, -0.2) is 35.4 Å². The lowest BCUT2D eigenvalue weighted by molar-refractivity contribution is -0.169. The van der Waals surface area contributed by atoms with E-state index >= 15 is 0 Å². The van der Waals surface area contributed by atoms with Crippen molar-refractivity contribution in [1.82, 2.24) is 0 Å². The third kappa shape index (κ3) is 3.94. The minimum absolute atomic E-state index is 0.0145. The van der Waals surface area contributed by atoms with Gasteiger partial charge in [0.05, 0.1) is 18.6 Å². The van der Waals surface area contributed by atoms with E-state index in [1.54, 1.807) is 0 Å². The maximum absolute atomic E-state index is 13.2. The molecule has 1 N–H and O–H groups in total. The number of hydrogen-bond acceptors (Lipinski definition) is 4. The van der Waals surface area contributed by atoms with Crippen LogP contribution in [0, 0.1) is 25.7 Å². The zero-order chi connectivity index (χ0) is 19.8. The summed E-state index contributed by atoms with van der Waals surface area (Å²) >= 11 is 0. The van der Waals surface area contributed by atoms with Crippen LogP contribution < -0.4 is 0 Å². The Bertz CT molecular complexity index is 740. The fraction of sp³-hybridized carbons (Fsp3) is 0.636. The predicted octanol–water partition coefficient (Wildman–Crippen LogP) is 3.61. The zero-order valence-electron chi connectivity index (χ0n) is 16.7. The van der Waals surface area contributed by atoms with E-state index in [1.165, 1.54) is 11.1 Å². The van der Waals surface area contributed by atoms with Crippen LogP contribution in [0.25, 0.3) is 0 Å². The second kappa shape index (κ2) is 7.72. The molecule has 1 aromatic carbocycles. The molecule has 2 fully saturated rings. The lowest BCUT2D eigenvalue weighted by Gasteiger charge is -2.22. The lowest BCUT2D eigenvalue weighted by atomic mass is 9.86. The van der Waals surface area contributed by atoms with Crippen molar-refractivity contribution >= 4 is 11.8 Å². The molecule has 0 radical (unpaired) electrons. The Kier molecular flexibility index (Phi) is 5.73. The third-order valence-electron chi connectivity index (χ3n) is 6.09. The van der Waals surface area contributed by atoms with E-state index in [1.807, 2.05) is 13.8 Å². The first kappa shape index (κ1) is 20.0. The first-order valence-corrected chi connectivity index (χ1v) is 9.94. The van der Waals surface area contributed by atoms with E-state index in [4.69, 9.17) is 9.47 Å². The molecule has 2 aliphatic rings. The summed E-state index contributed by atoms with van der Waals surface area (Å²) in [5, 5.41) is 9.69. The molecule has 0 aromatic heterocycles. The smallest absolute Gasteiger partial charge is 0.307 e. The average molecular weight is 374 g/mol. The van der Waals surface area contributed by atoms with Crippen LogP contribution in [-0.2, 0) is 31.9 Å². The summed E-state index contributed by atoms with van der Waals surface area (Å²) in [6.45, 7) is 8.65. The van der Waals surface area contributed by atoms with Crippen molar-refractivity contribution in [3.8, 4) is 0 Å². The van der Waals surface area contributed by atoms with Gasteiger partial charge in [-0.3, -0.25) is 9.59 Å². The number of hydrogen-bond donors (Lipinski definition) is 1. The summed E-state index contributed by atoms with van der Waals surface area (Å²) in [6, 6.07) is 4.21. The van der Waals surface area contributed by atoms with Crippen molar-refractivity contribution in [2.24, 2.45) is 11.8 Å². The Morgan fingerprint density at radius 1 is 1.19 bits per heavy atom. The van der Waals surface area contributed by atoms with Crippen LogP contribution in [0.5, 0.6) is 0 Å². The topological polar surface area (TPSA) is 72.8 Å². The maximum Gasteiger partial charge on any atom is 0.307 e. The SMILES string of the molecule is CCc1cc(C)cc(C)c1CC(=O)C1CC2(CC1C(=O)O)OCC(CC)O2. The van der Waals surface area contributed by atoms with Crippen LogP contribution in [0.15, 0.2) is 12.1 Å². The number of carbonyl (C=O) groups is 2. The van der Waals surface area contributed by atoms with Crippen LogP contribution in [0.3, 0.4) is 0 Å². The van der Waals surface area contributed by atoms with Gasteiger partial charge in [0, 0.05) is 25.2 Å². The molecule has 148 valence electrons. The standard InChI is InChI=1S/C22H30O5/c1-5-15-8-13(3)7-14(4)17(15)9-20(23)18-10-22(11-19(18)21(24)25)26-12-16(6-2)27-22/h7-8,16,18-19H,5-6,9-12H2,1-4H3,(H,24,25). The number of benzene rings is 1. The number of ketones is 1. The molecular formula is C22H30O5. The molecule has 1 aliphatic carbocycles. The molecule has 1 heterocycles. The quantitative estimate of drug-likeness (QED) is 0.823. The van der Waals surface area contributed by atoms with Gasteiger partial charge in [-0.05, 0) is 43.4 Å². The highest BCUT2D eigenvalue weighted by atomic mass is 16.7. The Hall–Kier alpha value is -1.72. The molecule has 1 saturated heterocycles. The molecule has 0 bridgehead atoms. The first-order chi connectivity index (χ1) is 12.8. The van der Waals surface area contributed by atoms with Gasteiger partial charge in [0.15, 0.2) is 5.79 Å². The first-order valence-electron chi connectivity index (χ1n) is 9.94. The van der Waals surface area contributed by atoms with E-state index in [0.717, 1.165) is 24.0 Å². The van der Waals surface area contributed by atoms with Gasteiger partial charge in [-0.2, -0.15) is 0 Å². The summed E-state index contributed by atoms with van der Waals surface area (Å²) < 4.78 is 11.9. The number of rotatable bonds is 6. The van der Waals surface area contributed by atoms with Gasteiger partial charge < -0.3 is 14.6 Å². The molecule has 4 unspecified atom stereocenters. The Morgan fingerprint density at radius 3 is 2.48 bits per heavy atom. The van der Waals surface area contributed by atoms with Crippen LogP contribution in [0.1, 0.15) is 55.4 Å². The summed E-state index contributed by atoms with van der Waals surface area (Å²) in [7, 11) is 0. The van der Waals surface area contributed by atoms with Crippen LogP contribution in [0.4, 0.5) is 0 Å². The van der Waals surface area contributed by atoms with Gasteiger partial charge >= 0.3 is 5.97 Å². The van der Waals surface area contributed by atoms with Gasteiger partial charge in [0.2, 0.25) is 0 Å². The molecule has 1 aliphatic heterocycles. The molecule has 1 saturated carbocycles. The average Bonchev–Trinajstić information content (AvgIpc) is 3.21. The monoisotopic (exact) mass is 374 g/mol. The van der Waals surface area contributed by atoms with Crippen LogP contribution in [0.2, 0.25) is 0 Å². The van der Waals surface area contributed by atoms with E-state index in [9.17, 15) is 14.7 Å². The van der Waals surface area contributed by atoms with Crippen molar-refractivity contribution in [3.05, 3.63) is 34.4 Å². The predicted molar refractivity (Wildman–Crippen MR) is 102 cm³/mol. The third-order valence-corrected chi connectivity index (χ3v) is 6.09. The number of aliphatic carboxylic acids is 1. The number of aryl methyl sites for hydroxylation is 3. The largest absolute Gasteiger partial charge is 0.481 e. The normalized spacial score (nSPS) is 30.1. The van der Waals surface area contributed by atoms with E-state index in [0.29, 0.717) is 13.0 Å². The van der Waals surface area contributed by atoms with Crippen molar-refractivity contribution < 1.29 is 24.2 Å². The molecule has 0 amide bonds. The molecule has 5 nitrogen and oxygen atoms in total. The van der Waals surface area contributed by atoms with Crippen molar-refractivity contribution in [3.63, 3.8) is 0 Å². The minimum atomic E-state index is -0.936. The van der Waals surface area contributed by atoms with Gasteiger partial charge in [0.1, 0.15) is 5.78 Å². The number of carbonyl (C=O) groups excluding carboxylic acids is 1. The summed E-state index contributed by atoms with van der Waals surface area (Å²) in [5.41, 5.74) is 4.49. The maximum atomic E-state index is 13.2. The highest BCUT2D eigenvalue weighted by Gasteiger charge is 2.55. The van der Waals surface area contributed by atoms with Crippen molar-refractivity contribution in [1.29, 1.82) is 0 Å². The molecule has 1 spiro atoms. The molecule has 4 atom stereocenters. The molecule has 3 rings (SSSR count). The Balaban J connectivity index is 1.82. The second-order valence-electron chi connectivity index (χ2n) is 8.05. The number of ether oxygens (including phenoxy) is 2. The number of Topliss-reactive ketones (excluding diaryl/α,β-unsaturated/α-hetero) is 1. The van der Waals surface area contributed by atoms with E-state index in [-0.39, 0.29) is 24.7 Å². The molecule has 5 heteroatoms. The molecule has 27 heavy (non-hydrogen) atoms.